The summed E-state index contributed by atoms with van der Waals surface area (Å²) in [4.78, 5) is 44.4. The van der Waals surface area contributed by atoms with Crippen LogP contribution < -0.4 is 25.2 Å². The summed E-state index contributed by atoms with van der Waals surface area (Å²) >= 11 is 0. The van der Waals surface area contributed by atoms with Crippen molar-refractivity contribution in [2.45, 2.75) is 145 Å². The van der Waals surface area contributed by atoms with E-state index >= 15 is 0 Å². The maximum absolute atomic E-state index is 14.8. The molecule has 74 heavy (non-hydrogen) atoms. The molecule has 0 fully saturated rings. The van der Waals surface area contributed by atoms with E-state index in [9.17, 15) is 19.5 Å². The second-order valence-corrected chi connectivity index (χ2v) is 25.0. The van der Waals surface area contributed by atoms with Gasteiger partial charge in [0.05, 0.1) is 11.4 Å². The molecule has 0 heterocycles. The van der Waals surface area contributed by atoms with E-state index in [2.05, 4.69) is 200 Å². The van der Waals surface area contributed by atoms with Gasteiger partial charge in [-0.05, 0) is 98.2 Å². The molecule has 0 radical (unpaired) electrons. The molecule has 5 aromatic carbocycles. The Balaban J connectivity index is 1.39. The number of nitrogens with zero attached hydrogens (tertiary/aromatic N) is 2. The van der Waals surface area contributed by atoms with Crippen molar-refractivity contribution in [2.24, 2.45) is 11.8 Å². The molecule has 2 aliphatic rings. The Kier molecular flexibility index (Phi) is 15.6. The highest BCUT2D eigenvalue weighted by Gasteiger charge is 2.36. The van der Waals surface area contributed by atoms with Crippen LogP contribution in [0.15, 0.2) is 156 Å². The number of ketones is 1. The van der Waals surface area contributed by atoms with Gasteiger partial charge in [-0.3, -0.25) is 14.4 Å². The smallest absolute Gasteiger partial charge is 0.224 e. The van der Waals surface area contributed by atoms with Crippen molar-refractivity contribution in [3.8, 4) is 0 Å². The number of nitrogens with one attached hydrogen (secondary N) is 2. The topological polar surface area (TPSA) is 105 Å². The molecule has 5 aromatic rings. The second-order valence-electron chi connectivity index (χ2n) is 25.0. The quantitative estimate of drug-likeness (QED) is 0.0957. The van der Waals surface area contributed by atoms with Crippen molar-refractivity contribution >= 4 is 63.0 Å². The molecule has 2 N–H and O–H groups in total. The van der Waals surface area contributed by atoms with Gasteiger partial charge >= 0.3 is 0 Å². The first kappa shape index (κ1) is 54.7. The normalized spacial score (nSPS) is 15.4. The third kappa shape index (κ3) is 12.3. The molecule has 0 bridgehead atoms. The lowest BCUT2D eigenvalue weighted by atomic mass is 9.78. The van der Waals surface area contributed by atoms with Crippen molar-refractivity contribution in [1.29, 1.82) is 0 Å². The van der Waals surface area contributed by atoms with Crippen molar-refractivity contribution in [2.75, 3.05) is 10.2 Å². The summed E-state index contributed by atoms with van der Waals surface area (Å²) < 4.78 is 2.13. The van der Waals surface area contributed by atoms with Crippen LogP contribution in [0.1, 0.15) is 151 Å². The maximum Gasteiger partial charge on any atom is 0.224 e. The Hall–Kier alpha value is -7.06. The van der Waals surface area contributed by atoms with Crippen molar-refractivity contribution in [1.82, 2.24) is 9.89 Å². The lowest BCUT2D eigenvalue weighted by molar-refractivity contribution is -0.297. The number of benzene rings is 5. The first-order valence-corrected chi connectivity index (χ1v) is 26.3. The van der Waals surface area contributed by atoms with Crippen LogP contribution in [0.2, 0.25) is 0 Å². The molecule has 0 aliphatic heterocycles. The Morgan fingerprint density at radius 1 is 0.527 bits per heavy atom. The van der Waals surface area contributed by atoms with Crippen LogP contribution >= 0.6 is 0 Å². The van der Waals surface area contributed by atoms with Crippen LogP contribution in [0.25, 0.3) is 5.57 Å². The number of hydrogen-bond donors (Lipinski definition) is 2. The highest BCUT2D eigenvalue weighted by Crippen LogP contribution is 2.45. The van der Waals surface area contributed by atoms with Crippen LogP contribution in [0.3, 0.4) is 0 Å². The van der Waals surface area contributed by atoms with E-state index in [1.54, 1.807) is 12.1 Å². The fourth-order valence-corrected chi connectivity index (χ4v) is 9.35. The largest absolute Gasteiger partial charge is 0.871 e. The summed E-state index contributed by atoms with van der Waals surface area (Å²) in [5.74, 6) is -1.25. The Labute approximate surface area is 441 Å². The van der Waals surface area contributed by atoms with E-state index in [4.69, 9.17) is 0 Å². The van der Waals surface area contributed by atoms with Crippen molar-refractivity contribution in [3.05, 3.63) is 184 Å². The number of anilines is 4. The molecule has 0 aromatic heterocycles. The van der Waals surface area contributed by atoms with Crippen LogP contribution in [-0.2, 0) is 36.0 Å². The van der Waals surface area contributed by atoms with Gasteiger partial charge in [-0.15, -0.1) is 0 Å². The number of Topliss-reactive ketones (excluding diaryl/α,β-unsaturated/α-hetero) is 1. The van der Waals surface area contributed by atoms with E-state index in [-0.39, 0.29) is 69.3 Å². The zero-order chi connectivity index (χ0) is 54.2. The third-order valence-corrected chi connectivity index (χ3v) is 13.7. The molecule has 386 valence electrons. The van der Waals surface area contributed by atoms with Crippen molar-refractivity contribution < 1.29 is 19.5 Å². The first-order chi connectivity index (χ1) is 34.5. The monoisotopic (exact) mass is 991 g/mol. The fourth-order valence-electron chi connectivity index (χ4n) is 9.35. The Morgan fingerprint density at radius 2 is 0.919 bits per heavy atom. The van der Waals surface area contributed by atoms with E-state index in [0.29, 0.717) is 22.5 Å². The van der Waals surface area contributed by atoms with Gasteiger partial charge in [-0.1, -0.05) is 171 Å². The van der Waals surface area contributed by atoms with Crippen LogP contribution in [0, 0.1) is 11.8 Å². The van der Waals surface area contributed by atoms with Gasteiger partial charge in [-0.2, -0.15) is 4.58 Å². The van der Waals surface area contributed by atoms with Gasteiger partial charge in [-0.25, -0.2) is 0 Å². The van der Waals surface area contributed by atoms with Gasteiger partial charge < -0.3 is 20.6 Å². The number of amides is 2. The first-order valence-electron chi connectivity index (χ1n) is 26.3. The molecule has 2 aliphatic carbocycles. The SMILES string of the molecule is CC(C)CC(=O)NC1=CC(=[N+](c2ccc(C(C)(C)C)cc2)c2ccc(C(C)(C)C)cc2)C=CC1=C1C(=O)C(c2ccc(N(c3ccc(C(C)(C)C)cc3)c3ccc(C(C)(C)C)cc3)cc2NC(=O)CC(C)C)=C1[O-]. The number of allylic oxidation sites excluding steroid dienone is 5. The molecular formula is C66H78N4O4. The minimum absolute atomic E-state index is 0.0231. The number of carbonyl (C=O) groups is 3. The maximum atomic E-state index is 14.8. The van der Waals surface area contributed by atoms with Gasteiger partial charge in [0.1, 0.15) is 0 Å². The summed E-state index contributed by atoms with van der Waals surface area (Å²) in [5.41, 5.74) is 11.0. The zero-order valence-electron chi connectivity index (χ0n) is 46.8. The Bertz CT molecular complexity index is 2980. The van der Waals surface area contributed by atoms with Gasteiger partial charge in [0.2, 0.25) is 28.9 Å². The molecule has 0 atom stereocenters. The van der Waals surface area contributed by atoms with Gasteiger partial charge in [0, 0.05) is 88.6 Å². The number of carbonyl (C=O) groups excluding carboxylic acids is 3. The van der Waals surface area contributed by atoms with Gasteiger partial charge in [0.25, 0.3) is 0 Å². The highest BCUT2D eigenvalue weighted by atomic mass is 16.3. The van der Waals surface area contributed by atoms with E-state index < -0.39 is 11.5 Å². The predicted molar refractivity (Wildman–Crippen MR) is 307 cm³/mol. The molecule has 0 spiro atoms. The standard InChI is InChI=1S/C66H78N4O4/c1-41(2)37-57(71)67-55-39-51(69(47-25-17-43(18-26-47)63(5,6)7)48-27-19-44(20-28-48)64(8,9)10)33-35-53(55)59-61(73)60(62(59)74)54-36-34-52(40-56(54)68-58(72)38-42(3)4)70(49-29-21-45(22-30-49)65(11,12)13)50-31-23-46(24-32-50)66(14,15)16/h17-36,39-42H,37-38H2,1-16H3,(H2,67,68,71,72,73,74). The van der Waals surface area contributed by atoms with Crippen LogP contribution in [0.5, 0.6) is 0 Å². The predicted octanol–water partition coefficient (Wildman–Crippen LogP) is 14.9. The summed E-state index contributed by atoms with van der Waals surface area (Å²) in [6, 6.07) is 39.5. The molecule has 0 saturated carbocycles. The lowest BCUT2D eigenvalue weighted by Crippen LogP contribution is -2.34. The summed E-state index contributed by atoms with van der Waals surface area (Å²) in [6.45, 7) is 34.2. The molecule has 8 nitrogen and oxygen atoms in total. The summed E-state index contributed by atoms with van der Waals surface area (Å²) in [6.07, 6.45) is 6.02. The summed E-state index contributed by atoms with van der Waals surface area (Å²) in [5, 5.41) is 21.1. The van der Waals surface area contributed by atoms with Gasteiger partial charge in [0.15, 0.2) is 5.78 Å². The Morgan fingerprint density at radius 3 is 1.31 bits per heavy atom. The average molecular weight is 991 g/mol. The minimum atomic E-state index is -0.464. The molecule has 2 amide bonds. The molecule has 0 unspecified atom stereocenters. The number of hydrogen-bond acceptors (Lipinski definition) is 5. The lowest BCUT2D eigenvalue weighted by Gasteiger charge is -2.35. The van der Waals surface area contributed by atoms with Crippen molar-refractivity contribution in [3.63, 3.8) is 0 Å². The fraction of sp³-hybridized carbons (Fsp3) is 0.364. The average Bonchev–Trinajstić information content (AvgIpc) is 3.30. The third-order valence-electron chi connectivity index (χ3n) is 13.7. The molecule has 7 rings (SSSR count). The van der Waals surface area contributed by atoms with E-state index in [0.717, 1.165) is 34.1 Å². The highest BCUT2D eigenvalue weighted by molar-refractivity contribution is 6.40. The second kappa shape index (κ2) is 21.0. The summed E-state index contributed by atoms with van der Waals surface area (Å²) in [7, 11) is 0. The van der Waals surface area contributed by atoms with E-state index in [1.807, 2.05) is 52.0 Å². The minimum Gasteiger partial charge on any atom is -0.871 e. The molecular weight excluding hydrogens is 913 g/mol. The number of rotatable bonds is 12. The molecule has 0 saturated heterocycles. The zero-order valence-corrected chi connectivity index (χ0v) is 46.8. The molecule has 8 heteroatoms. The van der Waals surface area contributed by atoms with Crippen LogP contribution in [0.4, 0.5) is 34.1 Å². The van der Waals surface area contributed by atoms with E-state index in [1.165, 1.54) is 22.3 Å². The van der Waals surface area contributed by atoms with Crippen LogP contribution in [-0.4, -0.2) is 23.3 Å².